The van der Waals surface area contributed by atoms with E-state index in [9.17, 15) is 9.90 Å². The molecule has 0 fully saturated rings. The largest absolute Gasteiger partial charge is 0.507 e. The number of phenols is 1. The quantitative estimate of drug-likeness (QED) is 0.736. The number of carbonyl (C=O) groups excluding carboxylic acids is 1. The molecule has 0 aromatic heterocycles. The second kappa shape index (κ2) is 4.61. The number of benzene rings is 1. The van der Waals surface area contributed by atoms with Crippen molar-refractivity contribution < 1.29 is 9.90 Å². The van der Waals surface area contributed by atoms with Gasteiger partial charge in [0.05, 0.1) is 12.6 Å². The number of aliphatic imine (C=N–C) groups is 1. The highest BCUT2D eigenvalue weighted by molar-refractivity contribution is 5.90. The number of amides is 1. The Morgan fingerprint density at radius 3 is 2.94 bits per heavy atom. The molecule has 0 saturated carbocycles. The predicted octanol–water partition coefficient (Wildman–Crippen LogP) is 0.866. The summed E-state index contributed by atoms with van der Waals surface area (Å²) in [5.41, 5.74) is 0.677. The van der Waals surface area contributed by atoms with Crippen molar-refractivity contribution in [2.45, 2.75) is 6.04 Å². The molecule has 1 unspecified atom stereocenters. The summed E-state index contributed by atoms with van der Waals surface area (Å²) in [4.78, 5) is 15.0. The van der Waals surface area contributed by atoms with Crippen LogP contribution in [0.25, 0.3) is 0 Å². The zero-order valence-electron chi connectivity index (χ0n) is 8.63. The number of phenolic OH excluding ortho intramolecular Hbond substituents is 1. The summed E-state index contributed by atoms with van der Waals surface area (Å²) in [5.74, 6) is 0.125. The lowest BCUT2D eigenvalue weighted by molar-refractivity contribution is -0.116. The van der Waals surface area contributed by atoms with Gasteiger partial charge in [0.25, 0.3) is 0 Å². The number of hydrogen-bond acceptors (Lipinski definition) is 3. The molecule has 0 spiro atoms. The molecule has 1 heterocycles. The van der Waals surface area contributed by atoms with Gasteiger partial charge < -0.3 is 10.4 Å². The summed E-state index contributed by atoms with van der Waals surface area (Å²) in [7, 11) is 0. The molecule has 2 N–H and O–H groups in total. The number of nitrogens with one attached hydrogen (secondary N) is 1. The average Bonchev–Trinajstić information content (AvgIpc) is 2.67. The second-order valence-corrected chi connectivity index (χ2v) is 3.53. The van der Waals surface area contributed by atoms with Gasteiger partial charge in [-0.2, -0.15) is 0 Å². The van der Waals surface area contributed by atoms with Crippen molar-refractivity contribution >= 4 is 12.1 Å². The summed E-state index contributed by atoms with van der Waals surface area (Å²) in [5, 5.41) is 12.2. The van der Waals surface area contributed by atoms with Crippen LogP contribution in [0.1, 0.15) is 5.56 Å². The number of carbonyl (C=O) groups is 1. The van der Waals surface area contributed by atoms with Crippen molar-refractivity contribution in [3.8, 4) is 5.75 Å². The Kier molecular flexibility index (Phi) is 3.00. The molecule has 0 bridgehead atoms. The van der Waals surface area contributed by atoms with Gasteiger partial charge >= 0.3 is 0 Å². The number of nitrogens with zero attached hydrogens (tertiary/aromatic N) is 1. The normalized spacial score (nSPS) is 19.2. The predicted molar refractivity (Wildman–Crippen MR) is 61.6 cm³/mol. The van der Waals surface area contributed by atoms with Crippen LogP contribution in [-0.4, -0.2) is 29.8 Å². The van der Waals surface area contributed by atoms with E-state index in [0.717, 1.165) is 0 Å². The van der Waals surface area contributed by atoms with Crippen LogP contribution in [0.2, 0.25) is 0 Å². The fourth-order valence-electron chi connectivity index (χ4n) is 1.45. The van der Waals surface area contributed by atoms with Crippen molar-refractivity contribution in [1.29, 1.82) is 0 Å². The van der Waals surface area contributed by atoms with E-state index in [1.54, 1.807) is 30.5 Å². The van der Waals surface area contributed by atoms with E-state index in [-0.39, 0.29) is 17.7 Å². The van der Waals surface area contributed by atoms with Crippen molar-refractivity contribution in [2.75, 3.05) is 6.54 Å². The Bertz CT molecular complexity index is 452. The molecule has 0 aliphatic carbocycles. The molecule has 1 aromatic carbocycles. The van der Waals surface area contributed by atoms with E-state index in [0.29, 0.717) is 12.1 Å². The van der Waals surface area contributed by atoms with Crippen LogP contribution < -0.4 is 5.32 Å². The first-order valence-corrected chi connectivity index (χ1v) is 5.02. The van der Waals surface area contributed by atoms with Crippen molar-refractivity contribution in [3.05, 3.63) is 42.0 Å². The van der Waals surface area contributed by atoms with Gasteiger partial charge in [0.15, 0.2) is 0 Å². The number of aromatic hydroxyl groups is 1. The number of para-hydroxylation sites is 1. The van der Waals surface area contributed by atoms with E-state index < -0.39 is 0 Å². The lowest BCUT2D eigenvalue weighted by Crippen LogP contribution is -2.28. The lowest BCUT2D eigenvalue weighted by Gasteiger charge is -2.04. The fourth-order valence-corrected chi connectivity index (χ4v) is 1.45. The topological polar surface area (TPSA) is 61.7 Å². The first-order valence-electron chi connectivity index (χ1n) is 5.02. The van der Waals surface area contributed by atoms with Gasteiger partial charge in [0.1, 0.15) is 5.75 Å². The maximum atomic E-state index is 10.9. The van der Waals surface area contributed by atoms with E-state index in [4.69, 9.17) is 0 Å². The average molecular weight is 216 g/mol. The molecule has 0 radical (unpaired) electrons. The van der Waals surface area contributed by atoms with Crippen molar-refractivity contribution in [3.63, 3.8) is 0 Å². The molecule has 2 rings (SSSR count). The van der Waals surface area contributed by atoms with Crippen LogP contribution in [0, 0.1) is 0 Å². The molecule has 4 heteroatoms. The Morgan fingerprint density at radius 1 is 1.44 bits per heavy atom. The summed E-state index contributed by atoms with van der Waals surface area (Å²) in [6.45, 7) is 0.483. The summed E-state index contributed by atoms with van der Waals surface area (Å²) >= 11 is 0. The SMILES string of the molecule is O=C1C=CC(CN=Cc2ccccc2O)N1. The minimum absolute atomic E-state index is 0.0328. The van der Waals surface area contributed by atoms with Gasteiger partial charge in [-0.15, -0.1) is 0 Å². The molecule has 1 aliphatic heterocycles. The maximum absolute atomic E-state index is 10.9. The molecule has 16 heavy (non-hydrogen) atoms. The van der Waals surface area contributed by atoms with Crippen molar-refractivity contribution in [2.24, 2.45) is 4.99 Å². The first kappa shape index (κ1) is 10.4. The molecule has 0 saturated heterocycles. The lowest BCUT2D eigenvalue weighted by atomic mass is 10.2. The molecule has 1 atom stereocenters. The van der Waals surface area contributed by atoms with Gasteiger partial charge in [0, 0.05) is 17.9 Å². The second-order valence-electron chi connectivity index (χ2n) is 3.53. The highest BCUT2D eigenvalue weighted by atomic mass is 16.3. The third-order valence-electron chi connectivity index (χ3n) is 2.28. The first-order chi connectivity index (χ1) is 7.75. The van der Waals surface area contributed by atoms with Gasteiger partial charge in [-0.25, -0.2) is 0 Å². The van der Waals surface area contributed by atoms with Gasteiger partial charge in [0.2, 0.25) is 5.91 Å². The van der Waals surface area contributed by atoms with Crippen LogP contribution in [0.15, 0.2) is 41.4 Å². The summed E-state index contributed by atoms with van der Waals surface area (Å²) in [6, 6.07) is 6.94. The fraction of sp³-hybridized carbons (Fsp3) is 0.167. The van der Waals surface area contributed by atoms with Crippen molar-refractivity contribution in [1.82, 2.24) is 5.32 Å². The van der Waals surface area contributed by atoms with E-state index in [2.05, 4.69) is 10.3 Å². The summed E-state index contributed by atoms with van der Waals surface area (Å²) < 4.78 is 0. The minimum Gasteiger partial charge on any atom is -0.507 e. The highest BCUT2D eigenvalue weighted by Crippen LogP contribution is 2.12. The zero-order valence-corrected chi connectivity index (χ0v) is 8.63. The standard InChI is InChI=1S/C12H12N2O2/c15-11-4-2-1-3-9(11)7-13-8-10-5-6-12(16)14-10/h1-7,10,15H,8H2,(H,14,16). The maximum Gasteiger partial charge on any atom is 0.244 e. The Balaban J connectivity index is 1.93. The molecule has 4 nitrogen and oxygen atoms in total. The van der Waals surface area contributed by atoms with Gasteiger partial charge in [-0.1, -0.05) is 18.2 Å². The molecular formula is C12H12N2O2. The van der Waals surface area contributed by atoms with Crippen LogP contribution >= 0.6 is 0 Å². The third kappa shape index (κ3) is 2.48. The monoisotopic (exact) mass is 216 g/mol. The number of rotatable bonds is 3. The number of hydrogen-bond donors (Lipinski definition) is 2. The van der Waals surface area contributed by atoms with Crippen LogP contribution in [0.3, 0.4) is 0 Å². The molecular weight excluding hydrogens is 204 g/mol. The smallest absolute Gasteiger partial charge is 0.244 e. The van der Waals surface area contributed by atoms with E-state index in [1.807, 2.05) is 6.07 Å². The Hall–Kier alpha value is -2.10. The zero-order chi connectivity index (χ0) is 11.4. The third-order valence-corrected chi connectivity index (χ3v) is 2.28. The van der Waals surface area contributed by atoms with E-state index in [1.165, 1.54) is 6.08 Å². The van der Waals surface area contributed by atoms with Gasteiger partial charge in [-0.05, 0) is 12.1 Å². The Morgan fingerprint density at radius 2 is 2.25 bits per heavy atom. The van der Waals surface area contributed by atoms with Crippen LogP contribution in [0.5, 0.6) is 5.75 Å². The van der Waals surface area contributed by atoms with Gasteiger partial charge in [-0.3, -0.25) is 9.79 Å². The van der Waals surface area contributed by atoms with E-state index >= 15 is 0 Å². The van der Waals surface area contributed by atoms with Crippen LogP contribution in [0.4, 0.5) is 0 Å². The molecule has 82 valence electrons. The highest BCUT2D eigenvalue weighted by Gasteiger charge is 2.12. The molecule has 1 aromatic rings. The minimum atomic E-state index is -0.0808. The van der Waals surface area contributed by atoms with Crippen LogP contribution in [-0.2, 0) is 4.79 Å². The Labute approximate surface area is 93.3 Å². The molecule has 1 amide bonds. The summed E-state index contributed by atoms with van der Waals surface area (Å²) in [6.07, 6.45) is 4.89. The molecule has 1 aliphatic rings.